The lowest BCUT2D eigenvalue weighted by atomic mass is 9.81. The third-order valence-electron chi connectivity index (χ3n) is 2.79. The van der Waals surface area contributed by atoms with Gasteiger partial charge in [-0.3, -0.25) is 0 Å². The second-order valence-corrected chi connectivity index (χ2v) is 4.63. The SMILES string of the molecule is Cc1cc([C@@H](N)C(C)(C)CO)ccc1F. The summed E-state index contributed by atoms with van der Waals surface area (Å²) in [6.07, 6.45) is 0. The number of aliphatic hydroxyl groups is 1. The predicted molar refractivity (Wildman–Crippen MR) is 58.9 cm³/mol. The highest BCUT2D eigenvalue weighted by molar-refractivity contribution is 5.27. The fourth-order valence-electron chi connectivity index (χ4n) is 1.41. The molecule has 0 spiro atoms. The molecule has 1 aromatic rings. The molecule has 0 aliphatic carbocycles. The fourth-order valence-corrected chi connectivity index (χ4v) is 1.41. The molecule has 0 aliphatic rings. The smallest absolute Gasteiger partial charge is 0.126 e. The molecule has 0 saturated heterocycles. The monoisotopic (exact) mass is 211 g/mol. The number of rotatable bonds is 3. The second-order valence-electron chi connectivity index (χ2n) is 4.63. The molecule has 0 bridgehead atoms. The molecule has 0 fully saturated rings. The van der Waals surface area contributed by atoms with Crippen LogP contribution in [0.4, 0.5) is 4.39 Å². The quantitative estimate of drug-likeness (QED) is 0.804. The summed E-state index contributed by atoms with van der Waals surface area (Å²) in [5.74, 6) is -0.229. The van der Waals surface area contributed by atoms with Crippen LogP contribution in [-0.2, 0) is 0 Å². The number of aryl methyl sites for hydroxylation is 1. The van der Waals surface area contributed by atoms with Gasteiger partial charge >= 0.3 is 0 Å². The Morgan fingerprint density at radius 1 is 1.47 bits per heavy atom. The van der Waals surface area contributed by atoms with Gasteiger partial charge in [0, 0.05) is 18.1 Å². The summed E-state index contributed by atoms with van der Waals surface area (Å²) < 4.78 is 13.1. The zero-order valence-electron chi connectivity index (χ0n) is 9.42. The lowest BCUT2D eigenvalue weighted by Gasteiger charge is -2.29. The van der Waals surface area contributed by atoms with E-state index < -0.39 is 5.41 Å². The van der Waals surface area contributed by atoms with E-state index in [-0.39, 0.29) is 18.5 Å². The molecule has 0 saturated carbocycles. The van der Waals surface area contributed by atoms with E-state index in [1.165, 1.54) is 6.07 Å². The van der Waals surface area contributed by atoms with Crippen LogP contribution in [0.2, 0.25) is 0 Å². The van der Waals surface area contributed by atoms with Gasteiger partial charge in [0.15, 0.2) is 0 Å². The Balaban J connectivity index is 3.02. The van der Waals surface area contributed by atoms with Gasteiger partial charge in [0.2, 0.25) is 0 Å². The Hall–Kier alpha value is -0.930. The van der Waals surface area contributed by atoms with Crippen LogP contribution < -0.4 is 5.73 Å². The van der Waals surface area contributed by atoms with Gasteiger partial charge in [-0.25, -0.2) is 4.39 Å². The summed E-state index contributed by atoms with van der Waals surface area (Å²) in [5.41, 5.74) is 7.06. The summed E-state index contributed by atoms with van der Waals surface area (Å²) >= 11 is 0. The molecule has 1 rings (SSSR count). The standard InChI is InChI=1S/C12H18FNO/c1-8-6-9(4-5-10(8)13)11(14)12(2,3)7-15/h4-6,11,15H,7,14H2,1-3H3/t11-/m1/s1. The van der Waals surface area contributed by atoms with Crippen LogP contribution in [0.1, 0.15) is 31.0 Å². The van der Waals surface area contributed by atoms with Crippen molar-refractivity contribution in [2.45, 2.75) is 26.8 Å². The van der Waals surface area contributed by atoms with Crippen LogP contribution in [0.5, 0.6) is 0 Å². The minimum absolute atomic E-state index is 0.00455. The van der Waals surface area contributed by atoms with Gasteiger partial charge in [0.05, 0.1) is 0 Å². The topological polar surface area (TPSA) is 46.2 Å². The summed E-state index contributed by atoms with van der Waals surface area (Å²) in [4.78, 5) is 0. The number of benzene rings is 1. The molecule has 3 N–H and O–H groups in total. The number of halogens is 1. The van der Waals surface area contributed by atoms with E-state index in [0.717, 1.165) is 5.56 Å². The van der Waals surface area contributed by atoms with Crippen molar-refractivity contribution in [3.05, 3.63) is 35.1 Å². The first-order valence-electron chi connectivity index (χ1n) is 5.01. The van der Waals surface area contributed by atoms with E-state index in [1.807, 2.05) is 13.8 Å². The zero-order chi connectivity index (χ0) is 11.6. The lowest BCUT2D eigenvalue weighted by Crippen LogP contribution is -2.32. The molecular weight excluding hydrogens is 193 g/mol. The molecule has 0 amide bonds. The van der Waals surface area contributed by atoms with Gasteiger partial charge < -0.3 is 10.8 Å². The van der Waals surface area contributed by atoms with Gasteiger partial charge in [-0.2, -0.15) is 0 Å². The molecule has 0 heterocycles. The zero-order valence-corrected chi connectivity index (χ0v) is 9.42. The van der Waals surface area contributed by atoms with Crippen LogP contribution in [0.15, 0.2) is 18.2 Å². The highest BCUT2D eigenvalue weighted by Gasteiger charge is 2.27. The van der Waals surface area contributed by atoms with Crippen LogP contribution in [0, 0.1) is 18.2 Å². The van der Waals surface area contributed by atoms with Crippen molar-refractivity contribution in [1.29, 1.82) is 0 Å². The Labute approximate surface area is 89.9 Å². The van der Waals surface area contributed by atoms with Crippen molar-refractivity contribution < 1.29 is 9.50 Å². The van der Waals surface area contributed by atoms with E-state index >= 15 is 0 Å². The maximum atomic E-state index is 13.1. The average Bonchev–Trinajstić information content (AvgIpc) is 2.21. The first kappa shape index (κ1) is 12.1. The fraction of sp³-hybridized carbons (Fsp3) is 0.500. The molecule has 3 heteroatoms. The molecule has 0 aliphatic heterocycles. The minimum atomic E-state index is -0.399. The van der Waals surface area contributed by atoms with Crippen molar-refractivity contribution in [2.24, 2.45) is 11.1 Å². The molecule has 84 valence electrons. The molecule has 1 aromatic carbocycles. The molecular formula is C12H18FNO. The second kappa shape index (κ2) is 4.29. The summed E-state index contributed by atoms with van der Waals surface area (Å²) in [7, 11) is 0. The highest BCUT2D eigenvalue weighted by Crippen LogP contribution is 2.31. The largest absolute Gasteiger partial charge is 0.396 e. The Morgan fingerprint density at radius 2 is 2.07 bits per heavy atom. The minimum Gasteiger partial charge on any atom is -0.396 e. The third kappa shape index (κ3) is 2.55. The van der Waals surface area contributed by atoms with E-state index in [9.17, 15) is 9.50 Å². The molecule has 1 atom stereocenters. The van der Waals surface area contributed by atoms with Gasteiger partial charge in [0.25, 0.3) is 0 Å². The number of nitrogens with two attached hydrogens (primary N) is 1. The lowest BCUT2D eigenvalue weighted by molar-refractivity contribution is 0.132. The summed E-state index contributed by atoms with van der Waals surface area (Å²) in [5, 5.41) is 9.20. The van der Waals surface area contributed by atoms with Crippen molar-refractivity contribution in [1.82, 2.24) is 0 Å². The van der Waals surface area contributed by atoms with Gasteiger partial charge in [-0.05, 0) is 24.1 Å². The summed E-state index contributed by atoms with van der Waals surface area (Å²) in [6, 6.07) is 4.53. The van der Waals surface area contributed by atoms with Crippen molar-refractivity contribution >= 4 is 0 Å². The van der Waals surface area contributed by atoms with Gasteiger partial charge in [-0.1, -0.05) is 26.0 Å². The van der Waals surface area contributed by atoms with Crippen molar-refractivity contribution in [3.8, 4) is 0 Å². The van der Waals surface area contributed by atoms with E-state index in [1.54, 1.807) is 19.1 Å². The van der Waals surface area contributed by atoms with Crippen molar-refractivity contribution in [3.63, 3.8) is 0 Å². The molecule has 0 radical (unpaired) electrons. The number of hydrogen-bond acceptors (Lipinski definition) is 2. The first-order chi connectivity index (χ1) is 6.88. The maximum Gasteiger partial charge on any atom is 0.126 e. The molecule has 2 nitrogen and oxygen atoms in total. The number of aliphatic hydroxyl groups excluding tert-OH is 1. The van der Waals surface area contributed by atoms with Crippen LogP contribution >= 0.6 is 0 Å². The third-order valence-corrected chi connectivity index (χ3v) is 2.79. The van der Waals surface area contributed by atoms with E-state index in [4.69, 9.17) is 5.73 Å². The van der Waals surface area contributed by atoms with E-state index in [2.05, 4.69) is 0 Å². The number of hydrogen-bond donors (Lipinski definition) is 2. The van der Waals surface area contributed by atoms with Crippen LogP contribution in [-0.4, -0.2) is 11.7 Å². The Morgan fingerprint density at radius 3 is 2.53 bits per heavy atom. The van der Waals surface area contributed by atoms with Crippen LogP contribution in [0.25, 0.3) is 0 Å². The maximum absolute atomic E-state index is 13.1. The van der Waals surface area contributed by atoms with Crippen molar-refractivity contribution in [2.75, 3.05) is 6.61 Å². The summed E-state index contributed by atoms with van der Waals surface area (Å²) in [6.45, 7) is 5.48. The Kier molecular flexibility index (Phi) is 3.47. The molecule has 0 aromatic heterocycles. The molecule has 0 unspecified atom stereocenters. The first-order valence-corrected chi connectivity index (χ1v) is 5.01. The molecule has 15 heavy (non-hydrogen) atoms. The van der Waals surface area contributed by atoms with Crippen LogP contribution in [0.3, 0.4) is 0 Å². The van der Waals surface area contributed by atoms with Gasteiger partial charge in [-0.15, -0.1) is 0 Å². The Bertz CT molecular complexity index is 349. The van der Waals surface area contributed by atoms with Gasteiger partial charge in [0.1, 0.15) is 5.82 Å². The average molecular weight is 211 g/mol. The highest BCUT2D eigenvalue weighted by atomic mass is 19.1. The normalized spacial score (nSPS) is 14.0. The van der Waals surface area contributed by atoms with E-state index in [0.29, 0.717) is 5.56 Å². The predicted octanol–water partition coefficient (Wildman–Crippen LogP) is 2.15.